The molecule has 3 aromatic rings. The van der Waals surface area contributed by atoms with Crippen molar-refractivity contribution < 1.29 is 38.5 Å². The third-order valence-corrected chi connectivity index (χ3v) is 15.7. The van der Waals surface area contributed by atoms with E-state index in [9.17, 15) is 24.3 Å². The Morgan fingerprint density at radius 2 is 1.02 bits per heavy atom. The Bertz CT molecular complexity index is 2370. The van der Waals surface area contributed by atoms with Crippen molar-refractivity contribution in [1.29, 1.82) is 0 Å². The lowest BCUT2D eigenvalue weighted by molar-refractivity contribution is -0.132. The van der Waals surface area contributed by atoms with E-state index in [0.717, 1.165) is 165 Å². The number of nitrogens with two attached hydrogens (primary N) is 2. The number of carbonyl (C=O) groups excluding carboxylic acids is 4. The maximum absolute atomic E-state index is 13.3. The molecule has 0 bridgehead atoms. The maximum Gasteiger partial charge on any atom is 0.247 e. The molecule has 2 saturated heterocycles. The normalized spacial score (nSPS) is 13.9. The van der Waals surface area contributed by atoms with E-state index in [1.807, 2.05) is 16.0 Å². The van der Waals surface area contributed by atoms with Crippen molar-refractivity contribution in [2.24, 2.45) is 11.5 Å². The van der Waals surface area contributed by atoms with E-state index in [1.54, 1.807) is 10.9 Å². The van der Waals surface area contributed by atoms with Crippen LogP contribution in [-0.2, 0) is 52.8 Å². The summed E-state index contributed by atoms with van der Waals surface area (Å²) in [6.07, 6.45) is 34.2. The number of unbranched alkanes of at least 4 members (excludes halogenated alkanes) is 18. The second-order valence-electron chi connectivity index (χ2n) is 22.7. The molecule has 2 aliphatic rings. The average molecular weight is 1220 g/mol. The Morgan fingerprint density at radius 3 is 1.55 bits per heavy atom. The van der Waals surface area contributed by atoms with E-state index in [4.69, 9.17) is 47.1 Å². The van der Waals surface area contributed by atoms with Gasteiger partial charge >= 0.3 is 0 Å². The molecule has 8 N–H and O–H groups in total. The summed E-state index contributed by atoms with van der Waals surface area (Å²) in [7, 11) is 0. The molecule has 1 atom stereocenters. The molecular formula is C61H106N18O8. The Labute approximate surface area is 517 Å². The molecule has 26 nitrogen and oxygen atoms in total. The number of rotatable bonds is 50. The highest BCUT2D eigenvalue weighted by Gasteiger charge is 2.27. The number of piperazine rings is 2. The Hall–Kier alpha value is -6.11. The van der Waals surface area contributed by atoms with Crippen molar-refractivity contribution in [3.63, 3.8) is 0 Å². The number of hydrogen-bond donors (Lipinski definition) is 6. The van der Waals surface area contributed by atoms with Gasteiger partial charge in [0, 0.05) is 97.2 Å². The first-order chi connectivity index (χ1) is 42.7. The number of aliphatic hydroxyl groups is 1. The number of hydrogen-bond acceptors (Lipinski definition) is 20. The lowest BCUT2D eigenvalue weighted by Crippen LogP contribution is -2.50. The first-order valence-electron chi connectivity index (χ1n) is 32.8. The molecule has 26 heteroatoms. The summed E-state index contributed by atoms with van der Waals surface area (Å²) in [5, 5.41) is 35.7. The van der Waals surface area contributed by atoms with Crippen LogP contribution in [0.4, 0.5) is 17.8 Å². The third kappa shape index (κ3) is 30.1. The van der Waals surface area contributed by atoms with E-state index in [1.165, 1.54) is 4.68 Å². The zero-order valence-corrected chi connectivity index (χ0v) is 52.3. The second kappa shape index (κ2) is 45.2. The molecule has 3 aromatic heterocycles. The van der Waals surface area contributed by atoms with Crippen LogP contribution in [0, 0.1) is 12.3 Å². The molecule has 0 aromatic carbocycles. The number of aryl methyl sites for hydroxylation is 2. The number of carbonyl (C=O) groups is 4. The van der Waals surface area contributed by atoms with Gasteiger partial charge in [0.15, 0.2) is 6.04 Å². The predicted octanol–water partition coefficient (Wildman–Crippen LogP) is 3.98. The van der Waals surface area contributed by atoms with E-state index < -0.39 is 6.04 Å². The summed E-state index contributed by atoms with van der Waals surface area (Å²) in [6, 6.07) is -0.789. The van der Waals surface area contributed by atoms with Gasteiger partial charge in [-0.1, -0.05) is 106 Å². The second-order valence-corrected chi connectivity index (χ2v) is 22.7. The molecule has 0 spiro atoms. The number of terminal acetylenes is 1. The molecule has 0 saturated carbocycles. The molecule has 2 aliphatic heterocycles. The Balaban J connectivity index is 0.933. The summed E-state index contributed by atoms with van der Waals surface area (Å²) in [5.74, 6) is 4.06. The van der Waals surface area contributed by atoms with Crippen LogP contribution in [0.25, 0.3) is 0 Å². The fourth-order valence-electron chi connectivity index (χ4n) is 10.5. The highest BCUT2D eigenvalue weighted by atomic mass is 16.5. The van der Waals surface area contributed by atoms with Crippen molar-refractivity contribution in [2.45, 2.75) is 180 Å². The van der Waals surface area contributed by atoms with Gasteiger partial charge in [-0.05, 0) is 77.3 Å². The van der Waals surface area contributed by atoms with Crippen molar-refractivity contribution in [1.82, 2.24) is 65.4 Å². The minimum Gasteiger partial charge on any atom is -0.394 e. The maximum atomic E-state index is 13.3. The van der Waals surface area contributed by atoms with Gasteiger partial charge in [-0.25, -0.2) is 9.36 Å². The van der Waals surface area contributed by atoms with Crippen molar-refractivity contribution in [3.05, 3.63) is 23.8 Å². The molecule has 87 heavy (non-hydrogen) atoms. The number of amides is 4. The van der Waals surface area contributed by atoms with Crippen LogP contribution in [-0.4, -0.2) is 215 Å². The fraction of sp³-hybridized carbons (Fsp3) is 0.787. The standard InChI is InChI=1S/C61H106N18O8/c1-2-42-85-44-46-87-47-45-86-43-33-66-59-67-60(76-38-34-74(35-39-76)56(82)27-19-11-7-3-5-9-13-23-31-64-55(81)50-78-48-52(70-72-78)25-17-15-21-29-62)69-61(68-59)77-40-36-75(37-41-77)57(83)28-20-12-8-4-6-10-14-24-32-65-58(84)54(51-80)79-49-53(71-73-79)26-18-16-22-30-63/h1,48-49,54,80H,3-47,50-51,62-63H2,(H,64,81)(H,65,84)(H,66,67,68,69). The first-order valence-corrected chi connectivity index (χ1v) is 32.8. The van der Waals surface area contributed by atoms with E-state index in [-0.39, 0.29) is 43.4 Å². The summed E-state index contributed by atoms with van der Waals surface area (Å²) in [5.41, 5.74) is 12.9. The van der Waals surface area contributed by atoms with Gasteiger partial charge in [0.25, 0.3) is 0 Å². The SMILES string of the molecule is C#CCOCCOCCOCCNc1nc(N2CCN(C(=O)CCCCCCCCCCNC(=O)Cn3cc(CCCCCN)nn3)CC2)nc(N2CCN(C(=O)CCCCCCCCCCNC(=O)C(CO)n3cc(CCCCCN)nn3)CC2)n1. The number of aromatic nitrogens is 9. The van der Waals surface area contributed by atoms with Gasteiger partial charge in [-0.3, -0.25) is 19.2 Å². The number of aliphatic hydroxyl groups excluding tert-OH is 1. The van der Waals surface area contributed by atoms with E-state index >= 15 is 0 Å². The van der Waals surface area contributed by atoms with Gasteiger partial charge in [0.05, 0.1) is 51.0 Å². The van der Waals surface area contributed by atoms with Crippen LogP contribution in [0.5, 0.6) is 0 Å². The molecule has 5 rings (SSSR count). The van der Waals surface area contributed by atoms with Gasteiger partial charge in [0.1, 0.15) is 13.2 Å². The molecule has 488 valence electrons. The summed E-state index contributed by atoms with van der Waals surface area (Å²) in [6.45, 7) is 10.1. The topological polar surface area (TPSA) is 317 Å². The molecule has 4 amide bonds. The zero-order valence-electron chi connectivity index (χ0n) is 52.3. The van der Waals surface area contributed by atoms with Crippen LogP contribution in [0.3, 0.4) is 0 Å². The molecule has 5 heterocycles. The van der Waals surface area contributed by atoms with Crippen molar-refractivity contribution >= 4 is 41.5 Å². The summed E-state index contributed by atoms with van der Waals surface area (Å²) >= 11 is 0. The lowest BCUT2D eigenvalue weighted by atomic mass is 10.1. The number of ether oxygens (including phenoxy) is 3. The molecular weight excluding hydrogens is 1110 g/mol. The fourth-order valence-corrected chi connectivity index (χ4v) is 10.5. The third-order valence-electron chi connectivity index (χ3n) is 15.7. The van der Waals surface area contributed by atoms with Crippen LogP contribution in [0.1, 0.15) is 172 Å². The minimum absolute atomic E-state index is 0.0443. The minimum atomic E-state index is -0.789. The molecule has 0 radical (unpaired) electrons. The summed E-state index contributed by atoms with van der Waals surface area (Å²) < 4.78 is 19.6. The van der Waals surface area contributed by atoms with E-state index in [2.05, 4.69) is 52.3 Å². The summed E-state index contributed by atoms with van der Waals surface area (Å²) in [4.78, 5) is 74.6. The average Bonchev–Trinajstić information content (AvgIpc) is 3.34. The van der Waals surface area contributed by atoms with Gasteiger partial charge in [0.2, 0.25) is 41.5 Å². The molecule has 1 unspecified atom stereocenters. The largest absolute Gasteiger partial charge is 0.394 e. The van der Waals surface area contributed by atoms with Gasteiger partial charge < -0.3 is 66.3 Å². The predicted molar refractivity (Wildman–Crippen MR) is 336 cm³/mol. The Kier molecular flexibility index (Phi) is 37.2. The highest BCUT2D eigenvalue weighted by Crippen LogP contribution is 2.22. The van der Waals surface area contributed by atoms with Crippen molar-refractivity contribution in [2.75, 3.05) is 146 Å². The Morgan fingerprint density at radius 1 is 0.552 bits per heavy atom. The lowest BCUT2D eigenvalue weighted by Gasteiger charge is -2.36. The van der Waals surface area contributed by atoms with Crippen molar-refractivity contribution in [3.8, 4) is 12.3 Å². The van der Waals surface area contributed by atoms with Crippen LogP contribution in [0.15, 0.2) is 12.4 Å². The monoisotopic (exact) mass is 1220 g/mol. The van der Waals surface area contributed by atoms with Crippen LogP contribution >= 0.6 is 0 Å². The quantitative estimate of drug-likeness (QED) is 0.0344. The van der Waals surface area contributed by atoms with Crippen LogP contribution in [0.2, 0.25) is 0 Å². The first kappa shape index (κ1) is 71.6. The molecule has 0 aliphatic carbocycles. The number of nitrogens with zero attached hydrogens (tertiary/aromatic N) is 13. The van der Waals surface area contributed by atoms with Gasteiger partial charge in [-0.2, -0.15) is 15.0 Å². The van der Waals surface area contributed by atoms with Gasteiger partial charge in [-0.15, -0.1) is 16.6 Å². The molecule has 2 fully saturated rings. The highest BCUT2D eigenvalue weighted by molar-refractivity contribution is 5.80. The van der Waals surface area contributed by atoms with E-state index in [0.29, 0.717) is 149 Å². The van der Waals surface area contributed by atoms with Crippen LogP contribution < -0.4 is 37.2 Å². The zero-order chi connectivity index (χ0) is 61.8. The smallest absolute Gasteiger partial charge is 0.247 e. The number of anilines is 3. The number of nitrogens with one attached hydrogen (secondary N) is 3.